The number of hydrogen-bond donors (Lipinski definition) is 1. The monoisotopic (exact) mass is 557 g/mol. The molecule has 200 valence electrons. The Morgan fingerprint density at radius 2 is 1.97 bits per heavy atom. The lowest BCUT2D eigenvalue weighted by Gasteiger charge is -2.25. The molecule has 3 heterocycles. The van der Waals surface area contributed by atoms with Gasteiger partial charge in [0.1, 0.15) is 21.9 Å². The summed E-state index contributed by atoms with van der Waals surface area (Å²) in [5.74, 6) is 0.706. The van der Waals surface area contributed by atoms with Crippen molar-refractivity contribution < 1.29 is 31.6 Å². The van der Waals surface area contributed by atoms with Gasteiger partial charge in [-0.2, -0.15) is 8.42 Å². The fourth-order valence-electron chi connectivity index (χ4n) is 3.81. The summed E-state index contributed by atoms with van der Waals surface area (Å²) in [5, 5.41) is 10.9. The van der Waals surface area contributed by atoms with Gasteiger partial charge >= 0.3 is 10.1 Å². The number of hydrogen-bond acceptors (Lipinski definition) is 11. The van der Waals surface area contributed by atoms with Gasteiger partial charge in [-0.25, -0.2) is 9.97 Å². The summed E-state index contributed by atoms with van der Waals surface area (Å²) in [6, 6.07) is 9.62. The minimum Gasteiger partial charge on any atom is -0.506 e. The van der Waals surface area contributed by atoms with E-state index in [2.05, 4.69) is 14.9 Å². The lowest BCUT2D eigenvalue weighted by molar-refractivity contribution is 0.122. The number of nitrogens with zero attached hydrogens (tertiary/aromatic N) is 3. The lowest BCUT2D eigenvalue weighted by atomic mass is 10.2. The van der Waals surface area contributed by atoms with E-state index < -0.39 is 10.1 Å². The normalized spacial score (nSPS) is 14.5. The standard InChI is InChI=1S/C26H27N3O7S2/c1-18-3-7-24(22(30)15-18)38(31,32)35-12-2-11-34-19-4-6-21-23(16-19)36-25(28-21)8-5-20-17-27-26(37-20)29-9-13-33-14-10-29/h3-8,15-17,30H,2,9-14H2,1H3. The maximum Gasteiger partial charge on any atom is 0.300 e. The van der Waals surface area contributed by atoms with E-state index in [1.165, 1.54) is 12.1 Å². The Kier molecular flexibility index (Phi) is 7.93. The molecule has 1 N–H and O–H groups in total. The number of aryl methyl sites for hydroxylation is 1. The molecule has 1 aliphatic heterocycles. The first-order chi connectivity index (χ1) is 18.4. The van der Waals surface area contributed by atoms with Crippen molar-refractivity contribution in [1.29, 1.82) is 0 Å². The highest BCUT2D eigenvalue weighted by molar-refractivity contribution is 7.86. The second-order valence-corrected chi connectivity index (χ2v) is 11.2. The average Bonchev–Trinajstić information content (AvgIpc) is 3.54. The van der Waals surface area contributed by atoms with Crippen LogP contribution in [0.15, 0.2) is 51.9 Å². The van der Waals surface area contributed by atoms with Crippen molar-refractivity contribution in [3.8, 4) is 11.5 Å². The van der Waals surface area contributed by atoms with Crippen molar-refractivity contribution in [1.82, 2.24) is 9.97 Å². The number of rotatable bonds is 10. The van der Waals surface area contributed by atoms with Crippen LogP contribution in [-0.4, -0.2) is 63.0 Å². The number of phenols is 1. The van der Waals surface area contributed by atoms with E-state index in [0.717, 1.165) is 28.7 Å². The first-order valence-corrected chi connectivity index (χ1v) is 14.3. The molecule has 0 atom stereocenters. The van der Waals surface area contributed by atoms with Crippen LogP contribution in [0.25, 0.3) is 23.3 Å². The molecule has 1 fully saturated rings. The molecular formula is C26H27N3O7S2. The summed E-state index contributed by atoms with van der Waals surface area (Å²) in [6.07, 6.45) is 5.89. The van der Waals surface area contributed by atoms with Gasteiger partial charge < -0.3 is 23.9 Å². The predicted molar refractivity (Wildman–Crippen MR) is 144 cm³/mol. The number of ether oxygens (including phenoxy) is 2. The van der Waals surface area contributed by atoms with Gasteiger partial charge in [-0.3, -0.25) is 4.18 Å². The summed E-state index contributed by atoms with van der Waals surface area (Å²) in [4.78, 5) is 11.9. The Balaban J connectivity index is 1.12. The SMILES string of the molecule is Cc1ccc(S(=O)(=O)OCCCOc2ccc3nc(C=Cc4cnc(N5CCOCC5)s4)oc3c2)c(O)c1. The van der Waals surface area contributed by atoms with E-state index in [4.69, 9.17) is 18.1 Å². The Hall–Kier alpha value is -3.45. The smallest absolute Gasteiger partial charge is 0.300 e. The number of fused-ring (bicyclic) bond motifs is 1. The zero-order valence-corrected chi connectivity index (χ0v) is 22.3. The first kappa shape index (κ1) is 26.2. The fourth-order valence-corrected chi connectivity index (χ4v) is 5.70. The van der Waals surface area contributed by atoms with E-state index in [9.17, 15) is 13.5 Å². The molecule has 1 saturated heterocycles. The quantitative estimate of drug-likeness (QED) is 0.220. The fraction of sp³-hybridized carbons (Fsp3) is 0.308. The first-order valence-electron chi connectivity index (χ1n) is 12.1. The van der Waals surface area contributed by atoms with Gasteiger partial charge in [0.15, 0.2) is 10.7 Å². The number of phenolic OH excluding ortho intramolecular Hbond substituents is 1. The molecule has 0 unspecified atom stereocenters. The zero-order valence-electron chi connectivity index (χ0n) is 20.7. The molecule has 0 radical (unpaired) electrons. The lowest BCUT2D eigenvalue weighted by Crippen LogP contribution is -2.36. The Morgan fingerprint density at radius 1 is 1.13 bits per heavy atom. The molecule has 1 aliphatic rings. The van der Waals surface area contributed by atoms with Gasteiger partial charge in [0.25, 0.3) is 0 Å². The van der Waals surface area contributed by atoms with E-state index in [-0.39, 0.29) is 23.9 Å². The van der Waals surface area contributed by atoms with Crippen molar-refractivity contribution in [2.45, 2.75) is 18.2 Å². The molecule has 0 bridgehead atoms. The third-order valence-electron chi connectivity index (χ3n) is 5.74. The summed E-state index contributed by atoms with van der Waals surface area (Å²) >= 11 is 1.61. The topological polar surface area (TPSA) is 124 Å². The second kappa shape index (κ2) is 11.5. The maximum atomic E-state index is 12.3. The van der Waals surface area contributed by atoms with Gasteiger partial charge in [0.2, 0.25) is 5.89 Å². The minimum atomic E-state index is -4.05. The molecule has 0 spiro atoms. The van der Waals surface area contributed by atoms with Crippen LogP contribution < -0.4 is 9.64 Å². The van der Waals surface area contributed by atoms with Crippen LogP contribution in [0.1, 0.15) is 22.8 Å². The maximum absolute atomic E-state index is 12.3. The van der Waals surface area contributed by atoms with Gasteiger partial charge in [-0.15, -0.1) is 0 Å². The summed E-state index contributed by atoms with van der Waals surface area (Å²) in [6.45, 7) is 5.03. The second-order valence-electron chi connectivity index (χ2n) is 8.61. The molecule has 4 aromatic rings. The van der Waals surface area contributed by atoms with Gasteiger partial charge in [-0.05, 0) is 42.8 Å². The number of thiazole rings is 1. The minimum absolute atomic E-state index is 0.0834. The van der Waals surface area contributed by atoms with Crippen LogP contribution in [0.2, 0.25) is 0 Å². The molecule has 2 aromatic heterocycles. The van der Waals surface area contributed by atoms with Crippen LogP contribution in [0, 0.1) is 6.92 Å². The summed E-state index contributed by atoms with van der Waals surface area (Å²) in [5.41, 5.74) is 2.02. The van der Waals surface area contributed by atoms with Crippen LogP contribution in [0.5, 0.6) is 11.5 Å². The summed E-state index contributed by atoms with van der Waals surface area (Å²) < 4.78 is 46.6. The van der Waals surface area contributed by atoms with E-state index in [1.807, 2.05) is 12.3 Å². The van der Waals surface area contributed by atoms with Crippen LogP contribution in [0.3, 0.4) is 0 Å². The van der Waals surface area contributed by atoms with Gasteiger partial charge in [-0.1, -0.05) is 17.4 Å². The Morgan fingerprint density at radius 3 is 2.79 bits per heavy atom. The van der Waals surface area contributed by atoms with Crippen molar-refractivity contribution in [2.24, 2.45) is 0 Å². The van der Waals surface area contributed by atoms with Crippen LogP contribution >= 0.6 is 11.3 Å². The molecule has 10 nitrogen and oxygen atoms in total. The molecule has 38 heavy (non-hydrogen) atoms. The number of morpholine rings is 1. The molecule has 0 aliphatic carbocycles. The Labute approximate surface area is 224 Å². The molecule has 5 rings (SSSR count). The largest absolute Gasteiger partial charge is 0.506 e. The van der Waals surface area contributed by atoms with Crippen molar-refractivity contribution in [2.75, 3.05) is 44.4 Å². The van der Waals surface area contributed by atoms with Gasteiger partial charge in [0.05, 0.1) is 26.4 Å². The number of aromatic hydroxyl groups is 1. The zero-order chi connectivity index (χ0) is 26.5. The Bertz CT molecular complexity index is 1540. The van der Waals surface area contributed by atoms with Crippen molar-refractivity contribution >= 4 is 49.8 Å². The average molecular weight is 558 g/mol. The van der Waals surface area contributed by atoms with Crippen LogP contribution in [0.4, 0.5) is 5.13 Å². The van der Waals surface area contributed by atoms with Crippen molar-refractivity contribution in [3.63, 3.8) is 0 Å². The molecular weight excluding hydrogens is 530 g/mol. The summed E-state index contributed by atoms with van der Waals surface area (Å²) in [7, 11) is -4.05. The molecule has 0 saturated carbocycles. The van der Waals surface area contributed by atoms with E-state index in [0.29, 0.717) is 42.4 Å². The predicted octanol–water partition coefficient (Wildman–Crippen LogP) is 4.48. The number of aromatic nitrogens is 2. The molecule has 12 heteroatoms. The van der Waals surface area contributed by atoms with E-state index >= 15 is 0 Å². The van der Waals surface area contributed by atoms with Gasteiger partial charge in [0, 0.05) is 42.7 Å². The highest BCUT2D eigenvalue weighted by atomic mass is 32.2. The number of oxazole rings is 1. The van der Waals surface area contributed by atoms with Crippen LogP contribution in [-0.2, 0) is 19.0 Å². The number of anilines is 1. The molecule has 2 aromatic carbocycles. The van der Waals surface area contributed by atoms with Crippen molar-refractivity contribution in [3.05, 3.63) is 58.9 Å². The molecule has 0 amide bonds. The highest BCUT2D eigenvalue weighted by Gasteiger charge is 2.19. The highest BCUT2D eigenvalue weighted by Crippen LogP contribution is 2.27. The van der Waals surface area contributed by atoms with E-state index in [1.54, 1.807) is 48.6 Å². The third kappa shape index (κ3) is 6.33. The third-order valence-corrected chi connectivity index (χ3v) is 8.12. The number of benzene rings is 2.